The minimum atomic E-state index is -0.382. The number of nitrogens with zero attached hydrogens (tertiary/aromatic N) is 1. The van der Waals surface area contributed by atoms with Crippen molar-refractivity contribution < 1.29 is 9.53 Å². The van der Waals surface area contributed by atoms with E-state index in [1.807, 2.05) is 37.9 Å². The van der Waals surface area contributed by atoms with Gasteiger partial charge in [0.2, 0.25) is 0 Å². The van der Waals surface area contributed by atoms with Gasteiger partial charge in [0.1, 0.15) is 5.75 Å². The fraction of sp³-hybridized carbons (Fsp3) is 0.632. The summed E-state index contributed by atoms with van der Waals surface area (Å²) in [5, 5.41) is 0. The largest absolute Gasteiger partial charge is 0.480 e. The van der Waals surface area contributed by atoms with Crippen molar-refractivity contribution in [3.8, 4) is 5.75 Å². The van der Waals surface area contributed by atoms with E-state index in [1.165, 1.54) is 24.8 Å². The van der Waals surface area contributed by atoms with Gasteiger partial charge in [-0.3, -0.25) is 4.79 Å². The zero-order valence-electron chi connectivity index (χ0n) is 14.4. The molecule has 22 heavy (non-hydrogen) atoms. The zero-order chi connectivity index (χ0) is 16.1. The molecule has 122 valence electrons. The molecule has 0 radical (unpaired) electrons. The highest BCUT2D eigenvalue weighted by Gasteiger charge is 2.28. The molecule has 1 amide bonds. The van der Waals surface area contributed by atoms with Crippen LogP contribution in [0.1, 0.15) is 56.6 Å². The van der Waals surface area contributed by atoms with Crippen molar-refractivity contribution in [2.24, 2.45) is 0 Å². The Morgan fingerprint density at radius 3 is 2.59 bits per heavy atom. The molecular formula is C19H29NO2. The van der Waals surface area contributed by atoms with Crippen LogP contribution in [-0.2, 0) is 4.79 Å². The van der Waals surface area contributed by atoms with Gasteiger partial charge in [0.25, 0.3) is 5.91 Å². The van der Waals surface area contributed by atoms with Gasteiger partial charge in [-0.05, 0) is 50.3 Å². The third-order valence-electron chi connectivity index (χ3n) is 4.94. The number of benzene rings is 1. The molecule has 3 heteroatoms. The summed E-state index contributed by atoms with van der Waals surface area (Å²) in [6, 6.07) is 6.40. The molecule has 1 atom stereocenters. The Hall–Kier alpha value is -1.51. The molecule has 2 rings (SSSR count). The van der Waals surface area contributed by atoms with Crippen molar-refractivity contribution in [2.75, 3.05) is 7.05 Å². The highest BCUT2D eigenvalue weighted by Crippen LogP contribution is 2.25. The first-order chi connectivity index (χ1) is 10.5. The van der Waals surface area contributed by atoms with Crippen LogP contribution in [0.5, 0.6) is 5.75 Å². The van der Waals surface area contributed by atoms with Gasteiger partial charge in [-0.2, -0.15) is 0 Å². The summed E-state index contributed by atoms with van der Waals surface area (Å²) >= 11 is 0. The number of likely N-dealkylation sites (N-methyl/N-ethyl adjacent to an activating group) is 1. The average molecular weight is 303 g/mol. The van der Waals surface area contributed by atoms with Crippen molar-refractivity contribution in [1.82, 2.24) is 4.90 Å². The standard InChI is InChI=1S/C19H29NO2/c1-5-17(22-18-13-9-10-14(2)15(18)3)19(21)20(4)16-11-7-6-8-12-16/h9-10,13,16-17H,5-8,11-12H2,1-4H3. The fourth-order valence-corrected chi connectivity index (χ4v) is 3.19. The quantitative estimate of drug-likeness (QED) is 0.813. The lowest BCUT2D eigenvalue weighted by Gasteiger charge is -2.33. The minimum Gasteiger partial charge on any atom is -0.480 e. The van der Waals surface area contributed by atoms with Crippen LogP contribution in [0.3, 0.4) is 0 Å². The molecule has 1 unspecified atom stereocenters. The van der Waals surface area contributed by atoms with Crippen LogP contribution < -0.4 is 4.74 Å². The summed E-state index contributed by atoms with van der Waals surface area (Å²) in [6.07, 6.45) is 6.34. The Bertz CT molecular complexity index is 506. The van der Waals surface area contributed by atoms with Crippen molar-refractivity contribution in [3.05, 3.63) is 29.3 Å². The maximum absolute atomic E-state index is 12.8. The number of rotatable bonds is 5. The van der Waals surface area contributed by atoms with Gasteiger partial charge in [0.15, 0.2) is 6.10 Å². The normalized spacial score (nSPS) is 17.1. The van der Waals surface area contributed by atoms with E-state index in [1.54, 1.807) is 0 Å². The van der Waals surface area contributed by atoms with Gasteiger partial charge in [-0.1, -0.05) is 38.3 Å². The predicted octanol–water partition coefficient (Wildman–Crippen LogP) is 4.25. The lowest BCUT2D eigenvalue weighted by atomic mass is 9.94. The van der Waals surface area contributed by atoms with Gasteiger partial charge in [0, 0.05) is 13.1 Å². The first kappa shape index (κ1) is 16.9. The number of ether oxygens (including phenoxy) is 1. The topological polar surface area (TPSA) is 29.5 Å². The molecule has 1 fully saturated rings. The third-order valence-corrected chi connectivity index (χ3v) is 4.94. The Kier molecular flexibility index (Phi) is 5.87. The Morgan fingerprint density at radius 2 is 1.95 bits per heavy atom. The van der Waals surface area contributed by atoms with Crippen LogP contribution in [-0.4, -0.2) is 30.0 Å². The molecular weight excluding hydrogens is 274 g/mol. The molecule has 1 saturated carbocycles. The number of hydrogen-bond donors (Lipinski definition) is 0. The van der Waals surface area contributed by atoms with Crippen LogP contribution in [0.15, 0.2) is 18.2 Å². The molecule has 0 saturated heterocycles. The SMILES string of the molecule is CCC(Oc1cccc(C)c1C)C(=O)N(C)C1CCCCC1. The van der Waals surface area contributed by atoms with Crippen molar-refractivity contribution in [3.63, 3.8) is 0 Å². The second-order valence-corrected chi connectivity index (χ2v) is 6.45. The van der Waals surface area contributed by atoms with E-state index in [0.717, 1.165) is 24.2 Å². The first-order valence-electron chi connectivity index (χ1n) is 8.54. The van der Waals surface area contributed by atoms with Gasteiger partial charge in [-0.15, -0.1) is 0 Å². The molecule has 0 aromatic heterocycles. The number of carbonyl (C=O) groups excluding carboxylic acids is 1. The van der Waals surface area contributed by atoms with Crippen molar-refractivity contribution in [1.29, 1.82) is 0 Å². The summed E-state index contributed by atoms with van der Waals surface area (Å²) in [5.74, 6) is 0.951. The van der Waals surface area contributed by atoms with E-state index in [2.05, 4.69) is 13.0 Å². The minimum absolute atomic E-state index is 0.121. The maximum Gasteiger partial charge on any atom is 0.263 e. The second kappa shape index (κ2) is 7.66. The lowest BCUT2D eigenvalue weighted by molar-refractivity contribution is -0.140. The predicted molar refractivity (Wildman–Crippen MR) is 90.3 cm³/mol. The van der Waals surface area contributed by atoms with Gasteiger partial charge < -0.3 is 9.64 Å². The number of aryl methyl sites for hydroxylation is 1. The van der Waals surface area contributed by atoms with Crippen LogP contribution >= 0.6 is 0 Å². The molecule has 0 aliphatic heterocycles. The lowest BCUT2D eigenvalue weighted by Crippen LogP contribution is -2.45. The van der Waals surface area contributed by atoms with E-state index in [-0.39, 0.29) is 12.0 Å². The maximum atomic E-state index is 12.8. The van der Waals surface area contributed by atoms with Crippen LogP contribution in [0.25, 0.3) is 0 Å². The van der Waals surface area contributed by atoms with E-state index in [4.69, 9.17) is 4.74 Å². The molecule has 3 nitrogen and oxygen atoms in total. The molecule has 0 heterocycles. The summed E-state index contributed by atoms with van der Waals surface area (Å²) in [7, 11) is 1.94. The molecule has 1 aromatic carbocycles. The summed E-state index contributed by atoms with van der Waals surface area (Å²) < 4.78 is 6.06. The van der Waals surface area contributed by atoms with Crippen LogP contribution in [0, 0.1) is 13.8 Å². The molecule has 1 aliphatic carbocycles. The Morgan fingerprint density at radius 1 is 1.27 bits per heavy atom. The third kappa shape index (κ3) is 3.82. The highest BCUT2D eigenvalue weighted by molar-refractivity contribution is 5.81. The monoisotopic (exact) mass is 303 g/mol. The van der Waals surface area contributed by atoms with E-state index in [0.29, 0.717) is 12.5 Å². The number of amides is 1. The molecule has 1 aliphatic rings. The molecule has 0 bridgehead atoms. The van der Waals surface area contributed by atoms with Crippen molar-refractivity contribution in [2.45, 2.75) is 71.4 Å². The molecule has 0 spiro atoms. The molecule has 1 aromatic rings. The van der Waals surface area contributed by atoms with Crippen molar-refractivity contribution >= 4 is 5.91 Å². The van der Waals surface area contributed by atoms with Gasteiger partial charge >= 0.3 is 0 Å². The summed E-state index contributed by atoms with van der Waals surface area (Å²) in [6.45, 7) is 6.13. The van der Waals surface area contributed by atoms with Crippen LogP contribution in [0.4, 0.5) is 0 Å². The highest BCUT2D eigenvalue weighted by atomic mass is 16.5. The van der Waals surface area contributed by atoms with E-state index < -0.39 is 0 Å². The van der Waals surface area contributed by atoms with Gasteiger partial charge in [-0.25, -0.2) is 0 Å². The smallest absolute Gasteiger partial charge is 0.263 e. The summed E-state index contributed by atoms with van der Waals surface area (Å²) in [5.41, 5.74) is 2.31. The second-order valence-electron chi connectivity index (χ2n) is 6.45. The fourth-order valence-electron chi connectivity index (χ4n) is 3.19. The molecule has 0 N–H and O–H groups in total. The number of carbonyl (C=O) groups is 1. The van der Waals surface area contributed by atoms with Crippen LogP contribution in [0.2, 0.25) is 0 Å². The summed E-state index contributed by atoms with van der Waals surface area (Å²) in [4.78, 5) is 14.7. The van der Waals surface area contributed by atoms with Gasteiger partial charge in [0.05, 0.1) is 0 Å². The average Bonchev–Trinajstić information content (AvgIpc) is 2.55. The van der Waals surface area contributed by atoms with E-state index in [9.17, 15) is 4.79 Å². The Balaban J connectivity index is 2.06. The number of hydrogen-bond acceptors (Lipinski definition) is 2. The first-order valence-corrected chi connectivity index (χ1v) is 8.54. The van der Waals surface area contributed by atoms with E-state index >= 15 is 0 Å². The zero-order valence-corrected chi connectivity index (χ0v) is 14.4. The Labute approximate surface area is 134 Å².